The van der Waals surface area contributed by atoms with Gasteiger partial charge in [-0.15, -0.1) is 11.3 Å². The van der Waals surface area contributed by atoms with E-state index in [2.05, 4.69) is 33.4 Å². The summed E-state index contributed by atoms with van der Waals surface area (Å²) in [6, 6.07) is 13.9. The Labute approximate surface area is 130 Å². The third-order valence-electron chi connectivity index (χ3n) is 3.39. The molecule has 0 saturated heterocycles. The fraction of sp³-hybridized carbons (Fsp3) is 0.125. The summed E-state index contributed by atoms with van der Waals surface area (Å²) in [5, 5.41) is 3.33. The molecule has 1 atom stereocenters. The molecule has 3 rings (SSSR count). The Kier molecular flexibility index (Phi) is 3.78. The van der Waals surface area contributed by atoms with Gasteiger partial charge in [-0.3, -0.25) is 0 Å². The number of rotatable bonds is 3. The lowest BCUT2D eigenvalue weighted by Crippen LogP contribution is -2.12. The third-order valence-corrected chi connectivity index (χ3v) is 5.36. The van der Waals surface area contributed by atoms with E-state index >= 15 is 0 Å². The van der Waals surface area contributed by atoms with E-state index < -0.39 is 0 Å². The fourth-order valence-corrected chi connectivity index (χ4v) is 4.03. The lowest BCUT2D eigenvalue weighted by Gasteiger charge is -2.15. The summed E-state index contributed by atoms with van der Waals surface area (Å²) in [6.07, 6.45) is 0. The van der Waals surface area contributed by atoms with Gasteiger partial charge in [0.25, 0.3) is 0 Å². The largest absolute Gasteiger partial charge is 0.496 e. The molecule has 102 valence electrons. The van der Waals surface area contributed by atoms with E-state index in [1.54, 1.807) is 18.4 Å². The molecule has 1 aromatic heterocycles. The van der Waals surface area contributed by atoms with Gasteiger partial charge in [-0.1, -0.05) is 30.3 Å². The Morgan fingerprint density at radius 2 is 1.90 bits per heavy atom. The first kappa shape index (κ1) is 13.6. The number of nitrogens with two attached hydrogens (primary N) is 1. The highest BCUT2D eigenvalue weighted by Gasteiger charge is 2.17. The molecule has 3 aromatic rings. The second-order valence-corrected chi connectivity index (χ2v) is 6.26. The van der Waals surface area contributed by atoms with Crippen molar-refractivity contribution in [3.8, 4) is 5.75 Å². The molecular weight excluding hydrogens is 334 g/mol. The van der Waals surface area contributed by atoms with Crippen LogP contribution in [0, 0.1) is 0 Å². The van der Waals surface area contributed by atoms with Crippen LogP contribution in [-0.4, -0.2) is 7.11 Å². The monoisotopic (exact) mass is 347 g/mol. The highest BCUT2D eigenvalue weighted by molar-refractivity contribution is 9.10. The highest BCUT2D eigenvalue weighted by Crippen LogP contribution is 2.38. The Hall–Kier alpha value is -1.36. The lowest BCUT2D eigenvalue weighted by molar-refractivity contribution is 0.408. The molecule has 1 unspecified atom stereocenters. The van der Waals surface area contributed by atoms with Crippen molar-refractivity contribution >= 4 is 37.4 Å². The SMILES string of the molecule is COc1ccccc1C(N)c1csc2c(Br)cccc12. The molecule has 20 heavy (non-hydrogen) atoms. The maximum absolute atomic E-state index is 6.46. The number of halogens is 1. The standard InChI is InChI=1S/C16H14BrNOS/c1-19-14-8-3-2-5-11(14)15(18)12-9-20-16-10(12)6-4-7-13(16)17/h2-9,15H,18H2,1H3. The lowest BCUT2D eigenvalue weighted by atomic mass is 9.98. The smallest absolute Gasteiger partial charge is 0.123 e. The number of hydrogen-bond donors (Lipinski definition) is 1. The van der Waals surface area contributed by atoms with E-state index in [0.29, 0.717) is 0 Å². The first-order valence-corrected chi connectivity index (χ1v) is 7.93. The molecule has 2 nitrogen and oxygen atoms in total. The molecule has 1 heterocycles. The summed E-state index contributed by atoms with van der Waals surface area (Å²) in [5.74, 6) is 0.828. The van der Waals surface area contributed by atoms with Gasteiger partial charge >= 0.3 is 0 Å². The predicted molar refractivity (Wildman–Crippen MR) is 88.5 cm³/mol. The molecule has 0 amide bonds. The van der Waals surface area contributed by atoms with Crippen molar-refractivity contribution in [1.82, 2.24) is 0 Å². The van der Waals surface area contributed by atoms with Crippen molar-refractivity contribution in [3.63, 3.8) is 0 Å². The predicted octanol–water partition coefficient (Wildman–Crippen LogP) is 4.72. The molecule has 0 aliphatic rings. The molecule has 0 spiro atoms. The van der Waals surface area contributed by atoms with Crippen molar-refractivity contribution in [3.05, 3.63) is 63.4 Å². The molecular formula is C16H14BrNOS. The van der Waals surface area contributed by atoms with Crippen LogP contribution in [0.1, 0.15) is 17.2 Å². The number of benzene rings is 2. The van der Waals surface area contributed by atoms with Crippen LogP contribution in [0.25, 0.3) is 10.1 Å². The molecule has 0 saturated carbocycles. The Balaban J connectivity index is 2.13. The molecule has 0 radical (unpaired) electrons. The fourth-order valence-electron chi connectivity index (χ4n) is 2.37. The summed E-state index contributed by atoms with van der Waals surface area (Å²) >= 11 is 5.30. The van der Waals surface area contributed by atoms with Gasteiger partial charge in [0.2, 0.25) is 0 Å². The van der Waals surface area contributed by atoms with Crippen LogP contribution in [-0.2, 0) is 0 Å². The number of methoxy groups -OCH3 is 1. The van der Waals surface area contributed by atoms with E-state index in [9.17, 15) is 0 Å². The van der Waals surface area contributed by atoms with E-state index in [0.717, 1.165) is 21.3 Å². The summed E-state index contributed by atoms with van der Waals surface area (Å²) < 4.78 is 7.75. The Bertz CT molecular complexity index is 753. The quantitative estimate of drug-likeness (QED) is 0.743. The molecule has 0 bridgehead atoms. The Morgan fingerprint density at radius 3 is 2.70 bits per heavy atom. The zero-order valence-electron chi connectivity index (χ0n) is 11.0. The number of ether oxygens (including phenoxy) is 1. The van der Waals surface area contributed by atoms with Crippen LogP contribution < -0.4 is 10.5 Å². The molecule has 4 heteroatoms. The zero-order chi connectivity index (χ0) is 14.1. The molecule has 2 aromatic carbocycles. The number of para-hydroxylation sites is 1. The van der Waals surface area contributed by atoms with Crippen LogP contribution in [0.3, 0.4) is 0 Å². The summed E-state index contributed by atoms with van der Waals surface area (Å²) in [6.45, 7) is 0. The summed E-state index contributed by atoms with van der Waals surface area (Å²) in [7, 11) is 1.67. The van der Waals surface area contributed by atoms with Crippen molar-refractivity contribution in [2.75, 3.05) is 7.11 Å². The van der Waals surface area contributed by atoms with E-state index in [1.807, 2.05) is 30.3 Å². The third kappa shape index (κ3) is 2.24. The average Bonchev–Trinajstić information content (AvgIpc) is 2.92. The molecule has 0 aliphatic heterocycles. The topological polar surface area (TPSA) is 35.2 Å². The minimum atomic E-state index is -0.186. The zero-order valence-corrected chi connectivity index (χ0v) is 13.4. The molecule has 0 fully saturated rings. The van der Waals surface area contributed by atoms with Gasteiger partial charge in [-0.25, -0.2) is 0 Å². The van der Waals surface area contributed by atoms with Gasteiger partial charge in [0.05, 0.1) is 13.2 Å². The van der Waals surface area contributed by atoms with Crippen LogP contribution in [0.5, 0.6) is 5.75 Å². The van der Waals surface area contributed by atoms with Gasteiger partial charge in [0.15, 0.2) is 0 Å². The second-order valence-electron chi connectivity index (χ2n) is 4.53. The van der Waals surface area contributed by atoms with Crippen LogP contribution in [0.15, 0.2) is 52.3 Å². The van der Waals surface area contributed by atoms with E-state index in [-0.39, 0.29) is 6.04 Å². The normalized spacial score (nSPS) is 12.6. The van der Waals surface area contributed by atoms with E-state index in [1.165, 1.54) is 10.1 Å². The summed E-state index contributed by atoms with van der Waals surface area (Å²) in [4.78, 5) is 0. The van der Waals surface area contributed by atoms with Crippen molar-refractivity contribution in [2.45, 2.75) is 6.04 Å². The minimum Gasteiger partial charge on any atom is -0.496 e. The van der Waals surface area contributed by atoms with Gasteiger partial charge in [-0.05, 0) is 44.4 Å². The van der Waals surface area contributed by atoms with Crippen LogP contribution >= 0.6 is 27.3 Å². The van der Waals surface area contributed by atoms with Crippen molar-refractivity contribution in [1.29, 1.82) is 0 Å². The van der Waals surface area contributed by atoms with Gasteiger partial charge in [-0.2, -0.15) is 0 Å². The van der Waals surface area contributed by atoms with Crippen molar-refractivity contribution in [2.24, 2.45) is 5.73 Å². The Morgan fingerprint density at radius 1 is 1.10 bits per heavy atom. The maximum Gasteiger partial charge on any atom is 0.123 e. The number of fused-ring (bicyclic) bond motifs is 1. The van der Waals surface area contributed by atoms with Crippen LogP contribution in [0.2, 0.25) is 0 Å². The minimum absolute atomic E-state index is 0.186. The first-order chi connectivity index (χ1) is 9.72. The number of thiophene rings is 1. The van der Waals surface area contributed by atoms with Gasteiger partial charge in [0, 0.05) is 14.7 Å². The summed E-state index contributed by atoms with van der Waals surface area (Å²) in [5.41, 5.74) is 8.61. The first-order valence-electron chi connectivity index (χ1n) is 6.26. The molecule has 2 N–H and O–H groups in total. The van der Waals surface area contributed by atoms with Gasteiger partial charge < -0.3 is 10.5 Å². The number of hydrogen-bond acceptors (Lipinski definition) is 3. The highest BCUT2D eigenvalue weighted by atomic mass is 79.9. The van der Waals surface area contributed by atoms with Crippen molar-refractivity contribution < 1.29 is 4.74 Å². The van der Waals surface area contributed by atoms with Gasteiger partial charge in [0.1, 0.15) is 5.75 Å². The van der Waals surface area contributed by atoms with Crippen LogP contribution in [0.4, 0.5) is 0 Å². The van der Waals surface area contributed by atoms with E-state index in [4.69, 9.17) is 10.5 Å². The molecule has 0 aliphatic carbocycles. The second kappa shape index (κ2) is 5.56. The average molecular weight is 348 g/mol. The maximum atomic E-state index is 6.46.